The summed E-state index contributed by atoms with van der Waals surface area (Å²) in [5, 5.41) is 7.12. The zero-order valence-electron chi connectivity index (χ0n) is 16.6. The Balaban J connectivity index is 1.59. The van der Waals surface area contributed by atoms with Crippen molar-refractivity contribution in [2.45, 2.75) is 6.18 Å². The summed E-state index contributed by atoms with van der Waals surface area (Å²) in [6.45, 7) is 0. The van der Waals surface area contributed by atoms with E-state index in [9.17, 15) is 18.0 Å². The second-order valence-corrected chi connectivity index (χ2v) is 9.96. The molecule has 0 unspecified atom stereocenters. The number of nitrogens with one attached hydrogen (secondary N) is 1. The minimum Gasteiger partial charge on any atom is -0.397 e. The highest BCUT2D eigenvalue weighted by Gasteiger charge is 2.30. The van der Waals surface area contributed by atoms with Crippen molar-refractivity contribution in [1.29, 1.82) is 0 Å². The van der Waals surface area contributed by atoms with E-state index in [2.05, 4.69) is 5.32 Å². The zero-order valence-corrected chi connectivity index (χ0v) is 19.1. The number of nitrogen functional groups attached to an aromatic ring is 1. The van der Waals surface area contributed by atoms with Crippen LogP contribution in [0.15, 0.2) is 65.4 Å². The number of anilines is 2. The highest BCUT2D eigenvalue weighted by molar-refractivity contribution is 7.21. The van der Waals surface area contributed by atoms with E-state index in [0.717, 1.165) is 44.5 Å². The maximum absolute atomic E-state index is 13.0. The van der Waals surface area contributed by atoms with Crippen LogP contribution in [-0.2, 0) is 6.18 Å². The monoisotopic (exact) mass is 501 g/mol. The number of nitrogens with zero attached hydrogens (tertiary/aromatic N) is 1. The summed E-state index contributed by atoms with van der Waals surface area (Å²) in [6.07, 6.45) is -4.50. The SMILES string of the molecule is Nc1c(C(=O)Nc2cccc(C(F)(F)F)c2)sc2nc(-c3cccs3)cc(-c3cccs3)c12. The Kier molecular flexibility index (Phi) is 5.43. The number of aromatic nitrogens is 1. The maximum Gasteiger partial charge on any atom is 0.416 e. The van der Waals surface area contributed by atoms with Gasteiger partial charge in [0.1, 0.15) is 9.71 Å². The average Bonchev–Trinajstić information content (AvgIpc) is 3.54. The van der Waals surface area contributed by atoms with E-state index in [4.69, 9.17) is 10.7 Å². The normalized spacial score (nSPS) is 11.7. The predicted octanol–water partition coefficient (Wildman–Crippen LogP) is 7.61. The molecule has 0 spiro atoms. The average molecular weight is 502 g/mol. The van der Waals surface area contributed by atoms with E-state index >= 15 is 0 Å². The highest BCUT2D eigenvalue weighted by atomic mass is 32.1. The van der Waals surface area contributed by atoms with Crippen LogP contribution in [-0.4, -0.2) is 10.9 Å². The molecule has 0 aliphatic heterocycles. The first-order chi connectivity index (χ1) is 15.8. The lowest BCUT2D eigenvalue weighted by atomic mass is 10.1. The number of carbonyl (C=O) groups excluding carboxylic acids is 1. The Hall–Kier alpha value is -3.21. The van der Waals surface area contributed by atoms with Gasteiger partial charge in [-0.3, -0.25) is 4.79 Å². The summed E-state index contributed by atoms with van der Waals surface area (Å²) in [5.41, 5.74) is 7.50. The third-order valence-corrected chi connectivity index (χ3v) is 7.81. The number of carbonyl (C=O) groups is 1. The highest BCUT2D eigenvalue weighted by Crippen LogP contribution is 2.43. The number of hydrogen-bond donors (Lipinski definition) is 2. The fourth-order valence-corrected chi connectivity index (χ4v) is 5.88. The number of alkyl halides is 3. The van der Waals surface area contributed by atoms with E-state index < -0.39 is 17.6 Å². The van der Waals surface area contributed by atoms with Crippen LogP contribution in [0.3, 0.4) is 0 Å². The summed E-state index contributed by atoms with van der Waals surface area (Å²) in [5.74, 6) is -0.579. The van der Waals surface area contributed by atoms with E-state index in [0.29, 0.717) is 10.2 Å². The van der Waals surface area contributed by atoms with Crippen LogP contribution < -0.4 is 11.1 Å². The van der Waals surface area contributed by atoms with Gasteiger partial charge in [-0.25, -0.2) is 4.98 Å². The lowest BCUT2D eigenvalue weighted by molar-refractivity contribution is -0.137. The molecule has 5 rings (SSSR count). The standard InChI is InChI=1S/C23H14F3N3OS3/c24-23(25,26)12-4-1-5-13(10-12)28-21(30)20-19(27)18-14(16-6-2-8-31-16)11-15(29-22(18)33-20)17-7-3-9-32-17/h1-11H,27H2,(H,28,30). The molecule has 0 aliphatic carbocycles. The fraction of sp³-hybridized carbons (Fsp3) is 0.0435. The molecule has 0 aliphatic rings. The molecule has 10 heteroatoms. The fourth-order valence-electron chi connectivity index (χ4n) is 3.43. The Morgan fingerprint density at radius 3 is 2.36 bits per heavy atom. The smallest absolute Gasteiger partial charge is 0.397 e. The van der Waals surface area contributed by atoms with Gasteiger partial charge in [0.25, 0.3) is 5.91 Å². The lowest BCUT2D eigenvalue weighted by Gasteiger charge is -2.09. The molecule has 4 aromatic heterocycles. The van der Waals surface area contributed by atoms with Crippen molar-refractivity contribution < 1.29 is 18.0 Å². The number of amides is 1. The number of rotatable bonds is 4. The van der Waals surface area contributed by atoms with Gasteiger partial charge >= 0.3 is 6.18 Å². The summed E-state index contributed by atoms with van der Waals surface area (Å²) >= 11 is 4.23. The molecule has 33 heavy (non-hydrogen) atoms. The number of thiophene rings is 3. The largest absolute Gasteiger partial charge is 0.416 e. The van der Waals surface area contributed by atoms with E-state index in [1.165, 1.54) is 12.1 Å². The Morgan fingerprint density at radius 1 is 0.970 bits per heavy atom. The number of nitrogens with two attached hydrogens (primary N) is 1. The summed E-state index contributed by atoms with van der Waals surface area (Å²) in [6, 6.07) is 14.3. The van der Waals surface area contributed by atoms with Gasteiger partial charge in [-0.1, -0.05) is 18.2 Å². The van der Waals surface area contributed by atoms with Crippen LogP contribution in [0, 0.1) is 0 Å². The zero-order chi connectivity index (χ0) is 23.2. The topological polar surface area (TPSA) is 68.0 Å². The van der Waals surface area contributed by atoms with Crippen LogP contribution in [0.2, 0.25) is 0 Å². The molecule has 3 N–H and O–H groups in total. The molecule has 0 bridgehead atoms. The van der Waals surface area contributed by atoms with Gasteiger partial charge in [0.15, 0.2) is 0 Å². The molecule has 0 fully saturated rings. The minimum absolute atomic E-state index is 0.0393. The first-order valence-corrected chi connectivity index (χ1v) is 12.2. The van der Waals surface area contributed by atoms with Gasteiger partial charge in [-0.05, 0) is 47.2 Å². The van der Waals surface area contributed by atoms with Gasteiger partial charge in [0.05, 0.1) is 21.8 Å². The van der Waals surface area contributed by atoms with Crippen molar-refractivity contribution in [3.63, 3.8) is 0 Å². The van der Waals surface area contributed by atoms with Gasteiger partial charge in [-0.15, -0.1) is 34.0 Å². The molecule has 0 saturated heterocycles. The van der Waals surface area contributed by atoms with Crippen LogP contribution >= 0.6 is 34.0 Å². The van der Waals surface area contributed by atoms with Crippen LogP contribution in [0.4, 0.5) is 24.5 Å². The summed E-state index contributed by atoms with van der Waals surface area (Å²) < 4.78 is 39.1. The second kappa shape index (κ2) is 8.29. The molecule has 1 amide bonds. The molecule has 0 atom stereocenters. The number of pyridine rings is 1. The summed E-state index contributed by atoms with van der Waals surface area (Å²) in [7, 11) is 0. The molecule has 4 nitrogen and oxygen atoms in total. The Labute approximate surface area is 198 Å². The number of hydrogen-bond acceptors (Lipinski definition) is 6. The van der Waals surface area contributed by atoms with Crippen LogP contribution in [0.5, 0.6) is 0 Å². The van der Waals surface area contributed by atoms with Crippen molar-refractivity contribution in [3.8, 4) is 21.0 Å². The van der Waals surface area contributed by atoms with Gasteiger partial charge in [0.2, 0.25) is 0 Å². The maximum atomic E-state index is 13.0. The molecular formula is C23H14F3N3OS3. The van der Waals surface area contributed by atoms with Crippen molar-refractivity contribution in [2.75, 3.05) is 11.1 Å². The Bertz CT molecular complexity index is 1460. The van der Waals surface area contributed by atoms with Crippen molar-refractivity contribution in [1.82, 2.24) is 4.98 Å². The van der Waals surface area contributed by atoms with Crippen molar-refractivity contribution >= 4 is 61.5 Å². The van der Waals surface area contributed by atoms with E-state index in [1.54, 1.807) is 22.7 Å². The number of halogens is 3. The minimum atomic E-state index is -4.50. The van der Waals surface area contributed by atoms with Crippen LogP contribution in [0.25, 0.3) is 31.2 Å². The lowest BCUT2D eigenvalue weighted by Crippen LogP contribution is -2.13. The van der Waals surface area contributed by atoms with Gasteiger partial charge in [-0.2, -0.15) is 13.2 Å². The van der Waals surface area contributed by atoms with Crippen molar-refractivity contribution in [2.24, 2.45) is 0 Å². The third-order valence-electron chi connectivity index (χ3n) is 4.91. The molecule has 4 heterocycles. The van der Waals surface area contributed by atoms with Gasteiger partial charge < -0.3 is 11.1 Å². The first kappa shape index (κ1) is 21.6. The molecule has 1 aromatic carbocycles. The molecule has 0 radical (unpaired) electrons. The van der Waals surface area contributed by atoms with Crippen LogP contribution in [0.1, 0.15) is 15.2 Å². The second-order valence-electron chi connectivity index (χ2n) is 7.07. The van der Waals surface area contributed by atoms with E-state index in [-0.39, 0.29) is 16.3 Å². The first-order valence-electron chi connectivity index (χ1n) is 9.60. The Morgan fingerprint density at radius 2 is 1.70 bits per heavy atom. The van der Waals surface area contributed by atoms with Gasteiger partial charge in [0, 0.05) is 21.5 Å². The number of fused-ring (bicyclic) bond motifs is 1. The third kappa shape index (κ3) is 4.12. The number of benzene rings is 1. The molecule has 5 aromatic rings. The predicted molar refractivity (Wildman–Crippen MR) is 130 cm³/mol. The molecular weight excluding hydrogens is 487 g/mol. The van der Waals surface area contributed by atoms with E-state index in [1.807, 2.05) is 41.1 Å². The molecule has 0 saturated carbocycles. The van der Waals surface area contributed by atoms with Crippen molar-refractivity contribution in [3.05, 3.63) is 75.8 Å². The quantitative estimate of drug-likeness (QED) is 0.266. The summed E-state index contributed by atoms with van der Waals surface area (Å²) in [4.78, 5) is 20.5. The molecule has 166 valence electrons.